The predicted molar refractivity (Wildman–Crippen MR) is 110 cm³/mol. The number of rotatable bonds is 7. The maximum atomic E-state index is 12.5. The number of nitrogens with one attached hydrogen (secondary N) is 2. The first kappa shape index (κ1) is 20.3. The van der Waals surface area contributed by atoms with E-state index in [4.69, 9.17) is 0 Å². The molecule has 140 valence electrons. The third-order valence-electron chi connectivity index (χ3n) is 4.42. The molecule has 0 fully saturated rings. The number of nitrogens with zero attached hydrogens (tertiary/aromatic N) is 1. The predicted octanol–water partition coefficient (Wildman–Crippen LogP) is 4.61. The quantitative estimate of drug-likeness (QED) is 0.430. The molecular weight excluding hydrogens is 334 g/mol. The van der Waals surface area contributed by atoms with Crippen molar-refractivity contribution in [3.05, 3.63) is 76.5 Å². The fourth-order valence-corrected chi connectivity index (χ4v) is 2.93. The maximum Gasteiger partial charge on any atom is 0.267 e. The van der Waals surface area contributed by atoms with Crippen LogP contribution < -0.4 is 10.6 Å². The first-order chi connectivity index (χ1) is 12.9. The van der Waals surface area contributed by atoms with Gasteiger partial charge in [0.05, 0.1) is 0 Å². The van der Waals surface area contributed by atoms with Crippen LogP contribution >= 0.6 is 0 Å². The Bertz CT molecular complexity index is 875. The molecule has 4 nitrogen and oxygen atoms in total. The summed E-state index contributed by atoms with van der Waals surface area (Å²) in [5.41, 5.74) is 5.35. The van der Waals surface area contributed by atoms with E-state index in [1.165, 1.54) is 17.3 Å². The number of anilines is 1. The lowest BCUT2D eigenvalue weighted by Crippen LogP contribution is -2.19. The van der Waals surface area contributed by atoms with Crippen molar-refractivity contribution >= 4 is 11.6 Å². The van der Waals surface area contributed by atoms with E-state index in [-0.39, 0.29) is 11.5 Å². The summed E-state index contributed by atoms with van der Waals surface area (Å²) in [5, 5.41) is 15.3. The fraction of sp³-hybridized carbons (Fsp3) is 0.304. The molecule has 2 N–H and O–H groups in total. The standard InChI is InChI=1S/C23H27N3O/c1-16(2)21-10-6-8-18(4)22(21)26-23(27)20(14-24)15-25-12-11-19-9-5-7-17(3)13-19/h5-10,13,15-16,25H,11-12H2,1-4H3,(H,26,27)/b20-15-. The summed E-state index contributed by atoms with van der Waals surface area (Å²) in [6.07, 6.45) is 2.33. The monoisotopic (exact) mass is 361 g/mol. The van der Waals surface area contributed by atoms with Gasteiger partial charge in [-0.25, -0.2) is 0 Å². The molecule has 0 atom stereocenters. The summed E-state index contributed by atoms with van der Waals surface area (Å²) in [6, 6.07) is 16.2. The summed E-state index contributed by atoms with van der Waals surface area (Å²) in [5.74, 6) is -0.112. The largest absolute Gasteiger partial charge is 0.389 e. The lowest BCUT2D eigenvalue weighted by Gasteiger charge is -2.16. The van der Waals surface area contributed by atoms with E-state index >= 15 is 0 Å². The zero-order chi connectivity index (χ0) is 19.8. The van der Waals surface area contributed by atoms with Crippen molar-refractivity contribution in [2.45, 2.75) is 40.0 Å². The number of benzene rings is 2. The van der Waals surface area contributed by atoms with Gasteiger partial charge in [0, 0.05) is 18.4 Å². The molecule has 1 amide bonds. The normalized spacial score (nSPS) is 11.2. The van der Waals surface area contributed by atoms with E-state index in [0.717, 1.165) is 23.2 Å². The van der Waals surface area contributed by atoms with E-state index in [1.807, 2.05) is 37.3 Å². The first-order valence-electron chi connectivity index (χ1n) is 9.22. The highest BCUT2D eigenvalue weighted by Gasteiger charge is 2.15. The molecule has 2 aromatic carbocycles. The second-order valence-corrected chi connectivity index (χ2v) is 7.01. The van der Waals surface area contributed by atoms with Crippen LogP contribution in [0.2, 0.25) is 0 Å². The molecule has 0 aliphatic heterocycles. The fourth-order valence-electron chi connectivity index (χ4n) is 2.93. The minimum atomic E-state index is -0.392. The molecule has 0 bridgehead atoms. The van der Waals surface area contributed by atoms with Gasteiger partial charge in [0.25, 0.3) is 5.91 Å². The Morgan fingerprint density at radius 2 is 1.93 bits per heavy atom. The van der Waals surface area contributed by atoms with Crippen LogP contribution in [0.25, 0.3) is 0 Å². The summed E-state index contributed by atoms with van der Waals surface area (Å²) < 4.78 is 0. The van der Waals surface area contributed by atoms with Gasteiger partial charge in [0.1, 0.15) is 11.6 Å². The highest BCUT2D eigenvalue weighted by Crippen LogP contribution is 2.27. The Morgan fingerprint density at radius 1 is 1.19 bits per heavy atom. The van der Waals surface area contributed by atoms with E-state index in [0.29, 0.717) is 6.54 Å². The van der Waals surface area contributed by atoms with Gasteiger partial charge in [-0.1, -0.05) is 61.9 Å². The molecule has 0 radical (unpaired) electrons. The van der Waals surface area contributed by atoms with Crippen molar-refractivity contribution in [2.24, 2.45) is 0 Å². The van der Waals surface area contributed by atoms with Crippen molar-refractivity contribution in [3.63, 3.8) is 0 Å². The van der Waals surface area contributed by atoms with Crippen LogP contribution in [0.5, 0.6) is 0 Å². The zero-order valence-electron chi connectivity index (χ0n) is 16.5. The minimum Gasteiger partial charge on any atom is -0.389 e. The lowest BCUT2D eigenvalue weighted by molar-refractivity contribution is -0.112. The highest BCUT2D eigenvalue weighted by molar-refractivity contribution is 6.07. The van der Waals surface area contributed by atoms with Gasteiger partial charge in [-0.15, -0.1) is 0 Å². The Hall–Kier alpha value is -3.06. The molecule has 0 unspecified atom stereocenters. The zero-order valence-corrected chi connectivity index (χ0v) is 16.5. The van der Waals surface area contributed by atoms with E-state index in [9.17, 15) is 10.1 Å². The molecule has 0 heterocycles. The SMILES string of the molecule is Cc1cccc(CCN/C=C(/C#N)C(=O)Nc2c(C)cccc2C(C)C)c1. The first-order valence-corrected chi connectivity index (χ1v) is 9.22. The van der Waals surface area contributed by atoms with Crippen LogP contribution in [-0.4, -0.2) is 12.5 Å². The Kier molecular flexibility index (Phi) is 7.19. The Balaban J connectivity index is 2.02. The number of hydrogen-bond donors (Lipinski definition) is 2. The summed E-state index contributed by atoms with van der Waals surface area (Å²) >= 11 is 0. The van der Waals surface area contributed by atoms with Crippen molar-refractivity contribution in [2.75, 3.05) is 11.9 Å². The molecule has 2 aromatic rings. The summed E-state index contributed by atoms with van der Waals surface area (Å²) in [7, 11) is 0. The van der Waals surface area contributed by atoms with Crippen LogP contribution in [0.4, 0.5) is 5.69 Å². The molecular formula is C23H27N3O. The van der Waals surface area contributed by atoms with Crippen molar-refractivity contribution in [3.8, 4) is 6.07 Å². The smallest absolute Gasteiger partial charge is 0.267 e. The molecule has 4 heteroatoms. The third kappa shape index (κ3) is 5.72. The number of carbonyl (C=O) groups excluding carboxylic acids is 1. The number of amides is 1. The second-order valence-electron chi connectivity index (χ2n) is 7.01. The molecule has 2 rings (SSSR count). The topological polar surface area (TPSA) is 64.9 Å². The van der Waals surface area contributed by atoms with Gasteiger partial charge in [-0.3, -0.25) is 4.79 Å². The maximum absolute atomic E-state index is 12.5. The van der Waals surface area contributed by atoms with Gasteiger partial charge < -0.3 is 10.6 Å². The van der Waals surface area contributed by atoms with E-state index in [2.05, 4.69) is 49.6 Å². The van der Waals surface area contributed by atoms with Crippen molar-refractivity contribution in [1.82, 2.24) is 5.32 Å². The van der Waals surface area contributed by atoms with Crippen molar-refractivity contribution < 1.29 is 4.79 Å². The number of carbonyl (C=O) groups is 1. The average Bonchev–Trinajstić information content (AvgIpc) is 2.63. The van der Waals surface area contributed by atoms with Gasteiger partial charge in [-0.05, 0) is 42.9 Å². The average molecular weight is 361 g/mol. The van der Waals surface area contributed by atoms with Gasteiger partial charge in [0.15, 0.2) is 0 Å². The molecule has 0 aliphatic rings. The number of hydrogen-bond acceptors (Lipinski definition) is 3. The van der Waals surface area contributed by atoms with Crippen molar-refractivity contribution in [1.29, 1.82) is 5.26 Å². The highest BCUT2D eigenvalue weighted by atomic mass is 16.1. The minimum absolute atomic E-state index is 0.0669. The van der Waals surface area contributed by atoms with Gasteiger partial charge in [-0.2, -0.15) is 5.26 Å². The summed E-state index contributed by atoms with van der Waals surface area (Å²) in [6.45, 7) is 8.84. The number of para-hydroxylation sites is 1. The van der Waals surface area contributed by atoms with E-state index < -0.39 is 5.91 Å². The number of nitriles is 1. The van der Waals surface area contributed by atoms with Gasteiger partial charge >= 0.3 is 0 Å². The second kappa shape index (κ2) is 9.59. The molecule has 0 saturated carbocycles. The summed E-state index contributed by atoms with van der Waals surface area (Å²) in [4.78, 5) is 12.5. The molecule has 27 heavy (non-hydrogen) atoms. The van der Waals surface area contributed by atoms with Crippen LogP contribution in [0.1, 0.15) is 42.0 Å². The Morgan fingerprint density at radius 3 is 2.59 bits per heavy atom. The van der Waals surface area contributed by atoms with Crippen LogP contribution in [0, 0.1) is 25.2 Å². The third-order valence-corrected chi connectivity index (χ3v) is 4.42. The lowest BCUT2D eigenvalue weighted by atomic mass is 9.98. The molecule has 0 saturated heterocycles. The van der Waals surface area contributed by atoms with Gasteiger partial charge in [0.2, 0.25) is 0 Å². The van der Waals surface area contributed by atoms with Crippen LogP contribution in [0.3, 0.4) is 0 Å². The van der Waals surface area contributed by atoms with E-state index in [1.54, 1.807) is 0 Å². The molecule has 0 aromatic heterocycles. The van der Waals surface area contributed by atoms with Crippen LogP contribution in [-0.2, 0) is 11.2 Å². The molecule has 0 spiro atoms. The number of aryl methyl sites for hydroxylation is 2. The Labute approximate surface area is 161 Å². The molecule has 0 aliphatic carbocycles. The van der Waals surface area contributed by atoms with Crippen LogP contribution in [0.15, 0.2) is 54.2 Å².